The summed E-state index contributed by atoms with van der Waals surface area (Å²) in [5.41, 5.74) is -0.133. The van der Waals surface area contributed by atoms with E-state index < -0.39 is 16.6 Å². The zero-order valence-electron chi connectivity index (χ0n) is 9.14. The van der Waals surface area contributed by atoms with Crippen LogP contribution in [0.5, 0.6) is 0 Å². The van der Waals surface area contributed by atoms with E-state index in [2.05, 4.69) is 15.9 Å². The quantitative estimate of drug-likeness (QED) is 0.603. The lowest BCUT2D eigenvalue weighted by Gasteiger charge is -2.14. The highest BCUT2D eigenvalue weighted by Crippen LogP contribution is 2.37. The molecule has 1 aromatic carbocycles. The molecular formula is C11H10BrF3OS. The molecule has 1 atom stereocenters. The Morgan fingerprint density at radius 2 is 2.00 bits per heavy atom. The molecule has 0 fully saturated rings. The third kappa shape index (κ3) is 3.48. The minimum Gasteiger partial charge on any atom is -0.298 e. The van der Waals surface area contributed by atoms with Crippen LogP contribution in [0.1, 0.15) is 22.9 Å². The fourth-order valence-corrected chi connectivity index (χ4v) is 2.53. The number of hydrogen-bond donors (Lipinski definition) is 0. The Hall–Kier alpha value is -0.490. The first-order chi connectivity index (χ1) is 7.77. The molecular weight excluding hydrogens is 317 g/mol. The number of rotatable bonds is 3. The van der Waals surface area contributed by atoms with Gasteiger partial charge in [-0.3, -0.25) is 4.79 Å². The lowest BCUT2D eigenvalue weighted by atomic mass is 10.1. The summed E-state index contributed by atoms with van der Waals surface area (Å²) in [4.78, 5) is 11.1. The van der Waals surface area contributed by atoms with Crippen molar-refractivity contribution in [3.8, 4) is 0 Å². The molecule has 0 aliphatic heterocycles. The van der Waals surface area contributed by atoms with Crippen molar-refractivity contribution in [2.45, 2.75) is 22.8 Å². The Morgan fingerprint density at radius 1 is 1.41 bits per heavy atom. The smallest absolute Gasteiger partial charge is 0.298 e. The van der Waals surface area contributed by atoms with Gasteiger partial charge in [0.25, 0.3) is 0 Å². The molecule has 0 heterocycles. The minimum absolute atomic E-state index is 0.139. The topological polar surface area (TPSA) is 17.1 Å². The number of halogens is 4. The Labute approximate surface area is 110 Å². The molecule has 17 heavy (non-hydrogen) atoms. The van der Waals surface area contributed by atoms with Gasteiger partial charge in [-0.15, -0.1) is 11.8 Å². The number of alkyl halides is 4. The van der Waals surface area contributed by atoms with Gasteiger partial charge >= 0.3 is 6.18 Å². The Kier molecular flexibility index (Phi) is 4.66. The molecule has 6 heteroatoms. The number of benzene rings is 1. The van der Waals surface area contributed by atoms with Gasteiger partial charge in [0.05, 0.1) is 10.4 Å². The Bertz CT molecular complexity index is 431. The zero-order chi connectivity index (χ0) is 13.2. The largest absolute Gasteiger partial charge is 0.416 e. The molecule has 0 aromatic heterocycles. The van der Waals surface area contributed by atoms with E-state index in [-0.39, 0.29) is 5.78 Å². The number of thioether (sulfide) groups is 1. The van der Waals surface area contributed by atoms with Gasteiger partial charge in [-0.25, -0.2) is 0 Å². The zero-order valence-corrected chi connectivity index (χ0v) is 11.5. The minimum atomic E-state index is -4.36. The molecule has 0 saturated carbocycles. The number of carbonyl (C=O) groups excluding carboxylic acids is 1. The van der Waals surface area contributed by atoms with E-state index in [9.17, 15) is 18.0 Å². The SMILES string of the molecule is CSc1cc(C(F)(F)F)ccc1C(Br)C(C)=O. The maximum atomic E-state index is 12.5. The third-order valence-corrected chi connectivity index (χ3v) is 4.12. The fraction of sp³-hybridized carbons (Fsp3) is 0.364. The van der Waals surface area contributed by atoms with Crippen molar-refractivity contribution in [2.24, 2.45) is 0 Å². The average Bonchev–Trinajstić information content (AvgIpc) is 2.25. The van der Waals surface area contributed by atoms with Crippen LogP contribution in [0.25, 0.3) is 0 Å². The highest BCUT2D eigenvalue weighted by Gasteiger charge is 2.31. The second kappa shape index (κ2) is 5.44. The van der Waals surface area contributed by atoms with Gasteiger partial charge in [0.1, 0.15) is 5.78 Å². The van der Waals surface area contributed by atoms with Crippen molar-refractivity contribution in [1.82, 2.24) is 0 Å². The van der Waals surface area contributed by atoms with Gasteiger partial charge < -0.3 is 0 Å². The Balaban J connectivity index is 3.23. The molecule has 0 saturated heterocycles. The molecule has 0 aliphatic rings. The van der Waals surface area contributed by atoms with Crippen LogP contribution < -0.4 is 0 Å². The van der Waals surface area contributed by atoms with Crippen LogP contribution in [0.4, 0.5) is 13.2 Å². The first-order valence-electron chi connectivity index (χ1n) is 4.67. The second-order valence-electron chi connectivity index (χ2n) is 3.43. The van der Waals surface area contributed by atoms with E-state index in [1.165, 1.54) is 24.8 Å². The van der Waals surface area contributed by atoms with E-state index in [1.807, 2.05) is 0 Å². The monoisotopic (exact) mass is 326 g/mol. The van der Waals surface area contributed by atoms with Gasteiger partial charge in [0, 0.05) is 4.90 Å². The maximum absolute atomic E-state index is 12.5. The van der Waals surface area contributed by atoms with E-state index in [4.69, 9.17) is 0 Å². The maximum Gasteiger partial charge on any atom is 0.416 e. The molecule has 0 amide bonds. The number of ketones is 1. The molecule has 1 aromatic rings. The number of carbonyl (C=O) groups is 1. The molecule has 1 unspecified atom stereocenters. The standard InChI is InChI=1S/C11H10BrF3OS/c1-6(16)10(12)8-4-3-7(11(13,14)15)5-9(8)17-2/h3-5,10H,1-2H3. The van der Waals surface area contributed by atoms with Crippen molar-refractivity contribution < 1.29 is 18.0 Å². The van der Waals surface area contributed by atoms with Gasteiger partial charge in [-0.1, -0.05) is 22.0 Å². The molecule has 94 valence electrons. The summed E-state index contributed by atoms with van der Waals surface area (Å²) in [7, 11) is 0. The lowest BCUT2D eigenvalue weighted by Crippen LogP contribution is -2.08. The van der Waals surface area contributed by atoms with E-state index in [0.717, 1.165) is 12.1 Å². The highest BCUT2D eigenvalue weighted by molar-refractivity contribution is 9.09. The normalized spacial score (nSPS) is 13.5. The predicted molar refractivity (Wildman–Crippen MR) is 65.6 cm³/mol. The molecule has 0 aliphatic carbocycles. The average molecular weight is 327 g/mol. The van der Waals surface area contributed by atoms with Crippen LogP contribution in [0.2, 0.25) is 0 Å². The third-order valence-electron chi connectivity index (χ3n) is 2.19. The van der Waals surface area contributed by atoms with Crippen LogP contribution in [0.3, 0.4) is 0 Å². The van der Waals surface area contributed by atoms with Crippen LogP contribution in [-0.2, 0) is 11.0 Å². The van der Waals surface area contributed by atoms with E-state index >= 15 is 0 Å². The van der Waals surface area contributed by atoms with Gasteiger partial charge in [-0.2, -0.15) is 13.2 Å². The van der Waals surface area contributed by atoms with Crippen LogP contribution in [-0.4, -0.2) is 12.0 Å². The van der Waals surface area contributed by atoms with Crippen LogP contribution >= 0.6 is 27.7 Å². The number of Topliss-reactive ketones (excluding diaryl/α,β-unsaturated/α-hetero) is 1. The molecule has 1 rings (SSSR count). The van der Waals surface area contributed by atoms with Gasteiger partial charge in [0.15, 0.2) is 0 Å². The molecule has 0 N–H and O–H groups in total. The summed E-state index contributed by atoms with van der Waals surface area (Å²) in [6, 6.07) is 3.40. The first kappa shape index (κ1) is 14.6. The summed E-state index contributed by atoms with van der Waals surface area (Å²) in [5.74, 6) is -0.139. The van der Waals surface area contributed by atoms with Crippen LogP contribution in [0.15, 0.2) is 23.1 Å². The summed E-state index contributed by atoms with van der Waals surface area (Å²) in [6.45, 7) is 1.39. The van der Waals surface area contributed by atoms with Crippen LogP contribution in [0, 0.1) is 0 Å². The fourth-order valence-electron chi connectivity index (χ4n) is 1.32. The van der Waals surface area contributed by atoms with Crippen molar-refractivity contribution in [1.29, 1.82) is 0 Å². The summed E-state index contributed by atoms with van der Waals surface area (Å²) < 4.78 is 37.5. The van der Waals surface area contributed by atoms with Crippen molar-refractivity contribution in [3.05, 3.63) is 29.3 Å². The lowest BCUT2D eigenvalue weighted by molar-refractivity contribution is -0.137. The highest BCUT2D eigenvalue weighted by atomic mass is 79.9. The summed E-state index contributed by atoms with van der Waals surface area (Å²) in [6.07, 6.45) is -2.68. The molecule has 0 bridgehead atoms. The van der Waals surface area contributed by atoms with Gasteiger partial charge in [0.2, 0.25) is 0 Å². The second-order valence-corrected chi connectivity index (χ2v) is 5.19. The molecule has 0 radical (unpaired) electrons. The summed E-state index contributed by atoms with van der Waals surface area (Å²) in [5, 5.41) is 0. The van der Waals surface area contributed by atoms with Crippen molar-refractivity contribution in [3.63, 3.8) is 0 Å². The van der Waals surface area contributed by atoms with Crippen molar-refractivity contribution in [2.75, 3.05) is 6.26 Å². The first-order valence-corrected chi connectivity index (χ1v) is 6.81. The predicted octanol–water partition coefficient (Wildman–Crippen LogP) is 4.45. The Morgan fingerprint density at radius 3 is 2.41 bits per heavy atom. The van der Waals surface area contributed by atoms with E-state index in [1.54, 1.807) is 6.26 Å². The molecule has 1 nitrogen and oxygen atoms in total. The van der Waals surface area contributed by atoms with Crippen molar-refractivity contribution >= 4 is 33.5 Å². The number of hydrogen-bond acceptors (Lipinski definition) is 2. The van der Waals surface area contributed by atoms with E-state index in [0.29, 0.717) is 10.5 Å². The van der Waals surface area contributed by atoms with Gasteiger partial charge in [-0.05, 0) is 30.9 Å². The molecule has 0 spiro atoms. The summed E-state index contributed by atoms with van der Waals surface area (Å²) >= 11 is 4.36.